The Morgan fingerprint density at radius 2 is 1.77 bits per heavy atom. The van der Waals surface area contributed by atoms with Gasteiger partial charge in [-0.2, -0.15) is 0 Å². The quantitative estimate of drug-likeness (QED) is 0.284. The Balaban J connectivity index is 0.00000450. The van der Waals surface area contributed by atoms with E-state index >= 15 is 0 Å². The molecule has 0 aromatic rings. The van der Waals surface area contributed by atoms with Crippen LogP contribution in [0.1, 0.15) is 66.2 Å². The van der Waals surface area contributed by atoms with Gasteiger partial charge in [0.25, 0.3) is 0 Å². The standard InChI is InChI=1S/C23H45N5O.HI/c1-6-20(7-2)22(29)28-13-10-21(11-14-28)26-23(24-5)25-15-19-9-8-12-27(17-19)16-18(3)4;/h18-21H,6-17H2,1-5H3,(H2,24,25,26);1H. The highest BCUT2D eigenvalue weighted by Gasteiger charge is 2.27. The molecule has 0 spiro atoms. The first-order valence-corrected chi connectivity index (χ1v) is 11.9. The van der Waals surface area contributed by atoms with E-state index in [2.05, 4.69) is 53.1 Å². The van der Waals surface area contributed by atoms with Gasteiger partial charge >= 0.3 is 0 Å². The van der Waals surface area contributed by atoms with Crippen LogP contribution in [-0.4, -0.2) is 74.0 Å². The van der Waals surface area contributed by atoms with E-state index in [1.165, 1.54) is 32.5 Å². The zero-order chi connectivity index (χ0) is 21.2. The largest absolute Gasteiger partial charge is 0.356 e. The third-order valence-corrected chi connectivity index (χ3v) is 6.49. The molecule has 1 amide bonds. The zero-order valence-electron chi connectivity index (χ0n) is 20.0. The number of aliphatic imine (C=N–C) groups is 1. The highest BCUT2D eigenvalue weighted by Crippen LogP contribution is 2.18. The van der Waals surface area contributed by atoms with Gasteiger partial charge < -0.3 is 20.4 Å². The van der Waals surface area contributed by atoms with Gasteiger partial charge in [0.2, 0.25) is 5.91 Å². The number of nitrogens with zero attached hydrogens (tertiary/aromatic N) is 3. The SMILES string of the molecule is CCC(CC)C(=O)N1CCC(NC(=NC)NCC2CCCN(CC(C)C)C2)CC1.I. The first-order valence-electron chi connectivity index (χ1n) is 11.9. The van der Waals surface area contributed by atoms with Crippen LogP contribution in [0.15, 0.2) is 4.99 Å². The topological polar surface area (TPSA) is 60.0 Å². The molecule has 30 heavy (non-hydrogen) atoms. The molecule has 0 aromatic heterocycles. The predicted octanol–water partition coefficient (Wildman–Crippen LogP) is 3.56. The molecule has 1 unspecified atom stereocenters. The molecule has 2 saturated heterocycles. The summed E-state index contributed by atoms with van der Waals surface area (Å²) < 4.78 is 0. The van der Waals surface area contributed by atoms with Gasteiger partial charge in [-0.1, -0.05) is 27.7 Å². The molecule has 2 N–H and O–H groups in total. The van der Waals surface area contributed by atoms with Crippen molar-refractivity contribution in [2.75, 3.05) is 46.3 Å². The van der Waals surface area contributed by atoms with Crippen molar-refractivity contribution in [3.05, 3.63) is 0 Å². The van der Waals surface area contributed by atoms with Crippen molar-refractivity contribution in [2.45, 2.75) is 72.3 Å². The Kier molecular flexibility index (Phi) is 13.3. The van der Waals surface area contributed by atoms with E-state index in [-0.39, 0.29) is 29.9 Å². The highest BCUT2D eigenvalue weighted by molar-refractivity contribution is 14.0. The minimum Gasteiger partial charge on any atom is -0.356 e. The fraction of sp³-hybridized carbons (Fsp3) is 0.913. The summed E-state index contributed by atoms with van der Waals surface area (Å²) in [5.74, 6) is 2.88. The van der Waals surface area contributed by atoms with Gasteiger partial charge in [0.15, 0.2) is 5.96 Å². The lowest BCUT2D eigenvalue weighted by atomic mass is 9.97. The lowest BCUT2D eigenvalue weighted by molar-refractivity contribution is -0.136. The van der Waals surface area contributed by atoms with Crippen LogP contribution in [0.25, 0.3) is 0 Å². The molecule has 1 atom stereocenters. The highest BCUT2D eigenvalue weighted by atomic mass is 127. The summed E-state index contributed by atoms with van der Waals surface area (Å²) in [6, 6.07) is 0.399. The van der Waals surface area contributed by atoms with Crippen LogP contribution >= 0.6 is 24.0 Å². The second-order valence-electron chi connectivity index (χ2n) is 9.37. The fourth-order valence-electron chi connectivity index (χ4n) is 4.77. The minimum atomic E-state index is 0. The summed E-state index contributed by atoms with van der Waals surface area (Å²) in [4.78, 5) is 21.7. The van der Waals surface area contributed by atoms with Gasteiger partial charge in [0, 0.05) is 51.7 Å². The lowest BCUT2D eigenvalue weighted by Gasteiger charge is -2.36. The summed E-state index contributed by atoms with van der Waals surface area (Å²) in [5.41, 5.74) is 0. The number of hydrogen-bond acceptors (Lipinski definition) is 3. The molecule has 0 radical (unpaired) electrons. The molecule has 0 aliphatic carbocycles. The van der Waals surface area contributed by atoms with Crippen molar-refractivity contribution in [2.24, 2.45) is 22.7 Å². The van der Waals surface area contributed by atoms with Gasteiger partial charge in [0.05, 0.1) is 0 Å². The van der Waals surface area contributed by atoms with Crippen LogP contribution in [0, 0.1) is 17.8 Å². The van der Waals surface area contributed by atoms with Crippen molar-refractivity contribution in [3.63, 3.8) is 0 Å². The number of carbonyl (C=O) groups is 1. The molecule has 0 aromatic carbocycles. The van der Waals surface area contributed by atoms with Crippen LogP contribution in [0.2, 0.25) is 0 Å². The maximum Gasteiger partial charge on any atom is 0.225 e. The van der Waals surface area contributed by atoms with Crippen LogP contribution < -0.4 is 10.6 Å². The minimum absolute atomic E-state index is 0. The Bertz CT molecular complexity index is 516. The number of rotatable bonds is 8. The van der Waals surface area contributed by atoms with E-state index in [1.807, 2.05) is 7.05 Å². The maximum absolute atomic E-state index is 12.6. The monoisotopic (exact) mass is 535 g/mol. The van der Waals surface area contributed by atoms with Crippen molar-refractivity contribution >= 4 is 35.8 Å². The second-order valence-corrected chi connectivity index (χ2v) is 9.37. The molecule has 2 aliphatic rings. The molecule has 0 saturated carbocycles. The van der Waals surface area contributed by atoms with Crippen molar-refractivity contribution in [1.29, 1.82) is 0 Å². The third kappa shape index (κ3) is 8.89. The molecular formula is C23H46IN5O. The van der Waals surface area contributed by atoms with Crippen LogP contribution in [0.5, 0.6) is 0 Å². The van der Waals surface area contributed by atoms with E-state index in [0.717, 1.165) is 57.2 Å². The predicted molar refractivity (Wildman–Crippen MR) is 138 cm³/mol. The number of piperidine rings is 2. The number of guanidine groups is 1. The number of halogens is 1. The first-order chi connectivity index (χ1) is 14.0. The number of hydrogen-bond donors (Lipinski definition) is 2. The van der Waals surface area contributed by atoms with Crippen LogP contribution in [0.4, 0.5) is 0 Å². The van der Waals surface area contributed by atoms with Crippen LogP contribution in [-0.2, 0) is 4.79 Å². The number of carbonyl (C=O) groups excluding carboxylic acids is 1. The molecule has 176 valence electrons. The summed E-state index contributed by atoms with van der Waals surface area (Å²) in [6.45, 7) is 15.2. The summed E-state index contributed by atoms with van der Waals surface area (Å²) in [6.07, 6.45) is 6.49. The van der Waals surface area contributed by atoms with Crippen molar-refractivity contribution < 1.29 is 4.79 Å². The lowest BCUT2D eigenvalue weighted by Crippen LogP contribution is -2.51. The second kappa shape index (κ2) is 14.5. The third-order valence-electron chi connectivity index (χ3n) is 6.49. The van der Waals surface area contributed by atoms with Gasteiger partial charge in [-0.3, -0.25) is 9.79 Å². The molecule has 6 nitrogen and oxygen atoms in total. The number of amides is 1. The fourth-order valence-corrected chi connectivity index (χ4v) is 4.77. The Labute approximate surface area is 202 Å². The smallest absolute Gasteiger partial charge is 0.225 e. The van der Waals surface area contributed by atoms with Gasteiger partial charge in [-0.15, -0.1) is 24.0 Å². The first kappa shape index (κ1) is 27.5. The average Bonchev–Trinajstić information content (AvgIpc) is 2.72. The maximum atomic E-state index is 12.6. The number of likely N-dealkylation sites (tertiary alicyclic amines) is 2. The molecular weight excluding hydrogens is 489 g/mol. The zero-order valence-corrected chi connectivity index (χ0v) is 22.3. The summed E-state index contributed by atoms with van der Waals surface area (Å²) in [7, 11) is 1.85. The Morgan fingerprint density at radius 1 is 1.10 bits per heavy atom. The summed E-state index contributed by atoms with van der Waals surface area (Å²) >= 11 is 0. The average molecular weight is 536 g/mol. The Hall–Kier alpha value is -0.570. The van der Waals surface area contributed by atoms with Gasteiger partial charge in [0.1, 0.15) is 0 Å². The van der Waals surface area contributed by atoms with E-state index in [1.54, 1.807) is 0 Å². The molecule has 2 aliphatic heterocycles. The molecule has 2 fully saturated rings. The van der Waals surface area contributed by atoms with E-state index in [9.17, 15) is 4.79 Å². The van der Waals surface area contributed by atoms with Crippen molar-refractivity contribution in [3.8, 4) is 0 Å². The van der Waals surface area contributed by atoms with E-state index < -0.39 is 0 Å². The van der Waals surface area contributed by atoms with Gasteiger partial charge in [-0.05, 0) is 56.9 Å². The Morgan fingerprint density at radius 3 is 2.33 bits per heavy atom. The normalized spacial score (nSPS) is 21.6. The molecule has 7 heteroatoms. The van der Waals surface area contributed by atoms with Gasteiger partial charge in [-0.25, -0.2) is 0 Å². The summed E-state index contributed by atoms with van der Waals surface area (Å²) in [5, 5.41) is 7.16. The molecule has 2 rings (SSSR count). The molecule has 2 heterocycles. The van der Waals surface area contributed by atoms with Crippen molar-refractivity contribution in [1.82, 2.24) is 20.4 Å². The van der Waals surface area contributed by atoms with E-state index in [0.29, 0.717) is 17.9 Å². The number of nitrogens with one attached hydrogen (secondary N) is 2. The molecule has 0 bridgehead atoms. The van der Waals surface area contributed by atoms with E-state index in [4.69, 9.17) is 0 Å². The van der Waals surface area contributed by atoms with Crippen LogP contribution in [0.3, 0.4) is 0 Å².